The van der Waals surface area contributed by atoms with E-state index in [4.69, 9.17) is 0 Å². The van der Waals surface area contributed by atoms with Crippen molar-refractivity contribution in [2.75, 3.05) is 0 Å². The van der Waals surface area contributed by atoms with E-state index < -0.39 is 0 Å². The van der Waals surface area contributed by atoms with Crippen LogP contribution in [0.4, 0.5) is 0 Å². The van der Waals surface area contributed by atoms with E-state index >= 15 is 0 Å². The zero-order valence-corrected chi connectivity index (χ0v) is 9.33. The van der Waals surface area contributed by atoms with Crippen LogP contribution in [-0.2, 0) is 0 Å². The minimum atomic E-state index is 0.416. The van der Waals surface area contributed by atoms with Gasteiger partial charge in [-0.25, -0.2) is 0 Å². The number of rotatable bonds is 1. The highest BCUT2D eigenvalue weighted by molar-refractivity contribution is 5.33. The molecule has 0 fully saturated rings. The summed E-state index contributed by atoms with van der Waals surface area (Å²) in [5.41, 5.74) is 2.13. The fourth-order valence-corrected chi connectivity index (χ4v) is 1.05. The summed E-state index contributed by atoms with van der Waals surface area (Å²) in [6, 6.07) is 4.09. The van der Waals surface area contributed by atoms with Gasteiger partial charge in [0.05, 0.1) is 0 Å². The van der Waals surface area contributed by atoms with Crippen LogP contribution in [0.1, 0.15) is 44.9 Å². The van der Waals surface area contributed by atoms with Crippen LogP contribution in [0.5, 0.6) is 0 Å². The number of hydrogen-bond donors (Lipinski definition) is 0. The first-order valence-electron chi connectivity index (χ1n) is 5.07. The summed E-state index contributed by atoms with van der Waals surface area (Å²) >= 11 is 0. The van der Waals surface area contributed by atoms with Crippen LogP contribution >= 0.6 is 0 Å². The Hall–Kier alpha value is -1.29. The van der Waals surface area contributed by atoms with Crippen molar-refractivity contribution >= 4 is 0 Å². The summed E-state index contributed by atoms with van der Waals surface area (Å²) in [6.07, 6.45) is 1.85. The highest BCUT2D eigenvalue weighted by Gasteiger charge is 1.98. The molecule has 0 atom stereocenters. The lowest BCUT2D eigenvalue weighted by atomic mass is 10.1. The van der Waals surface area contributed by atoms with Crippen molar-refractivity contribution in [2.45, 2.75) is 33.6 Å². The van der Waals surface area contributed by atoms with Crippen molar-refractivity contribution in [3.8, 4) is 11.8 Å². The lowest BCUT2D eigenvalue weighted by molar-refractivity contribution is 0.822. The van der Waals surface area contributed by atoms with Gasteiger partial charge in [-0.1, -0.05) is 39.5 Å². The van der Waals surface area contributed by atoms with E-state index in [-0.39, 0.29) is 0 Å². The van der Waals surface area contributed by atoms with Crippen molar-refractivity contribution in [1.82, 2.24) is 4.98 Å². The Kier molecular flexibility index (Phi) is 3.71. The third-order valence-electron chi connectivity index (χ3n) is 1.88. The Balaban J connectivity index is 2.80. The fraction of sp³-hybridized carbons (Fsp3) is 0.462. The second-order valence-corrected chi connectivity index (χ2v) is 4.05. The van der Waals surface area contributed by atoms with E-state index in [9.17, 15) is 0 Å². The predicted octanol–water partition coefficient (Wildman–Crippen LogP) is 3.21. The second kappa shape index (κ2) is 4.81. The lowest BCUT2D eigenvalue weighted by Gasteiger charge is -2.02. The quantitative estimate of drug-likeness (QED) is 0.615. The summed E-state index contributed by atoms with van der Waals surface area (Å²) in [5.74, 6) is 7.12. The van der Waals surface area contributed by atoms with Gasteiger partial charge in [-0.15, -0.1) is 0 Å². The molecule has 1 aromatic rings. The van der Waals surface area contributed by atoms with Crippen molar-refractivity contribution in [3.63, 3.8) is 0 Å². The van der Waals surface area contributed by atoms with Gasteiger partial charge < -0.3 is 0 Å². The van der Waals surface area contributed by atoms with Crippen LogP contribution in [0.15, 0.2) is 18.3 Å². The third kappa shape index (κ3) is 3.22. The van der Waals surface area contributed by atoms with Crippen molar-refractivity contribution in [1.29, 1.82) is 0 Å². The van der Waals surface area contributed by atoms with Crippen LogP contribution in [0.3, 0.4) is 0 Å². The molecule has 0 aromatic carbocycles. The normalized spacial score (nSPS) is 10.1. The molecule has 1 heteroatoms. The maximum absolute atomic E-state index is 4.35. The molecule has 0 saturated heterocycles. The summed E-state index contributed by atoms with van der Waals surface area (Å²) < 4.78 is 0. The molecule has 1 nitrogen and oxygen atoms in total. The number of nitrogens with zero attached hydrogens (tertiary/aromatic N) is 1. The molecule has 0 aliphatic rings. The fourth-order valence-electron chi connectivity index (χ4n) is 1.05. The molecule has 74 valence electrons. The average molecular weight is 187 g/mol. The van der Waals surface area contributed by atoms with E-state index in [1.54, 1.807) is 0 Å². The summed E-state index contributed by atoms with van der Waals surface area (Å²) in [6.45, 7) is 8.45. The molecule has 0 aliphatic heterocycles. The largest absolute Gasteiger partial charge is 0.260 e. The van der Waals surface area contributed by atoms with Crippen molar-refractivity contribution in [3.05, 3.63) is 29.6 Å². The molecule has 0 aliphatic carbocycles. The average Bonchev–Trinajstić information content (AvgIpc) is 2.15. The first-order valence-corrected chi connectivity index (χ1v) is 5.07. The molecule has 1 heterocycles. The van der Waals surface area contributed by atoms with E-state index in [1.807, 2.05) is 12.3 Å². The van der Waals surface area contributed by atoms with Gasteiger partial charge >= 0.3 is 0 Å². The molecular weight excluding hydrogens is 170 g/mol. The monoisotopic (exact) mass is 187 g/mol. The summed E-state index contributed by atoms with van der Waals surface area (Å²) in [5, 5.41) is 0. The highest BCUT2D eigenvalue weighted by atomic mass is 14.7. The standard InChI is InChI=1S/C13H17N/c1-10(2)5-6-12-7-8-13(11(3)4)14-9-12/h7-11H,1-4H3. The molecule has 14 heavy (non-hydrogen) atoms. The van der Waals surface area contributed by atoms with E-state index in [0.29, 0.717) is 11.8 Å². The number of hydrogen-bond acceptors (Lipinski definition) is 1. The van der Waals surface area contributed by atoms with Crippen LogP contribution in [0.2, 0.25) is 0 Å². The topological polar surface area (TPSA) is 12.9 Å². The van der Waals surface area contributed by atoms with E-state index in [1.165, 1.54) is 0 Å². The zero-order chi connectivity index (χ0) is 10.6. The highest BCUT2D eigenvalue weighted by Crippen LogP contribution is 2.10. The molecule has 0 N–H and O–H groups in total. The number of pyridine rings is 1. The van der Waals surface area contributed by atoms with Crippen molar-refractivity contribution < 1.29 is 0 Å². The van der Waals surface area contributed by atoms with Gasteiger partial charge in [0.25, 0.3) is 0 Å². The maximum atomic E-state index is 4.35. The Morgan fingerprint density at radius 3 is 2.29 bits per heavy atom. The lowest BCUT2D eigenvalue weighted by Crippen LogP contribution is -1.91. The Morgan fingerprint density at radius 2 is 1.86 bits per heavy atom. The van der Waals surface area contributed by atoms with Gasteiger partial charge in [0.1, 0.15) is 0 Å². The molecule has 1 aromatic heterocycles. The molecule has 1 rings (SSSR count). The van der Waals surface area contributed by atoms with Crippen molar-refractivity contribution in [2.24, 2.45) is 5.92 Å². The van der Waals surface area contributed by atoms with Gasteiger partial charge in [0, 0.05) is 23.4 Å². The Labute approximate surface area is 86.6 Å². The van der Waals surface area contributed by atoms with Crippen LogP contribution in [0.25, 0.3) is 0 Å². The summed E-state index contributed by atoms with van der Waals surface area (Å²) in [4.78, 5) is 4.35. The smallest absolute Gasteiger partial charge is 0.0429 e. The Bertz CT molecular complexity index is 336. The SMILES string of the molecule is CC(C)C#Cc1ccc(C(C)C)nc1. The van der Waals surface area contributed by atoms with Crippen LogP contribution in [-0.4, -0.2) is 4.98 Å². The third-order valence-corrected chi connectivity index (χ3v) is 1.88. The minimum absolute atomic E-state index is 0.416. The molecule has 0 saturated carbocycles. The first-order chi connectivity index (χ1) is 6.59. The van der Waals surface area contributed by atoms with E-state index in [2.05, 4.69) is 50.6 Å². The van der Waals surface area contributed by atoms with Crippen LogP contribution < -0.4 is 0 Å². The minimum Gasteiger partial charge on any atom is -0.260 e. The molecule has 0 amide bonds. The first kappa shape index (κ1) is 10.8. The van der Waals surface area contributed by atoms with Crippen LogP contribution in [0, 0.1) is 17.8 Å². The molecule has 0 unspecified atom stereocenters. The van der Waals surface area contributed by atoms with E-state index in [0.717, 1.165) is 11.3 Å². The maximum Gasteiger partial charge on any atom is 0.0429 e. The summed E-state index contributed by atoms with van der Waals surface area (Å²) in [7, 11) is 0. The zero-order valence-electron chi connectivity index (χ0n) is 9.33. The van der Waals surface area contributed by atoms with Gasteiger partial charge in [0.15, 0.2) is 0 Å². The molecule has 0 radical (unpaired) electrons. The molecular formula is C13H17N. The molecule has 0 bridgehead atoms. The predicted molar refractivity (Wildman–Crippen MR) is 60.0 cm³/mol. The van der Waals surface area contributed by atoms with Gasteiger partial charge in [-0.05, 0) is 18.1 Å². The van der Waals surface area contributed by atoms with Gasteiger partial charge in [-0.2, -0.15) is 0 Å². The number of aromatic nitrogens is 1. The molecule has 0 spiro atoms. The van der Waals surface area contributed by atoms with Gasteiger partial charge in [0.2, 0.25) is 0 Å². The Morgan fingerprint density at radius 1 is 1.14 bits per heavy atom. The second-order valence-electron chi connectivity index (χ2n) is 4.05. The van der Waals surface area contributed by atoms with Gasteiger partial charge in [-0.3, -0.25) is 4.98 Å².